The molecule has 0 amide bonds. The highest BCUT2D eigenvalue weighted by Crippen LogP contribution is 2.40. The molecular weight excluding hydrogens is 478 g/mol. The molecule has 2 nitrogen and oxygen atoms in total. The lowest BCUT2D eigenvalue weighted by atomic mass is 9.83. The molecule has 0 bridgehead atoms. The Morgan fingerprint density at radius 2 is 0.789 bits per heavy atom. The summed E-state index contributed by atoms with van der Waals surface area (Å²) in [5.41, 5.74) is 2.74. The average molecular weight is 499 g/mol. The van der Waals surface area contributed by atoms with E-state index in [-0.39, 0.29) is 11.6 Å². The molecule has 4 heteroatoms. The SMILES string of the molecule is O=C(c1ccc(F)cc1)c1ccc2ccccc2c1-c1c(C(=O)c2ccc(F)cc2)ccc2ccccc12. The van der Waals surface area contributed by atoms with Gasteiger partial charge in [-0.05, 0) is 82.2 Å². The molecule has 0 atom stereocenters. The molecule has 0 aliphatic heterocycles. The zero-order chi connectivity index (χ0) is 26.2. The van der Waals surface area contributed by atoms with E-state index in [0.717, 1.165) is 21.5 Å². The molecule has 0 aliphatic rings. The third-order valence-corrected chi connectivity index (χ3v) is 6.81. The number of carbonyl (C=O) groups is 2. The van der Waals surface area contributed by atoms with E-state index in [9.17, 15) is 18.4 Å². The highest BCUT2D eigenvalue weighted by atomic mass is 19.1. The molecule has 0 N–H and O–H groups in total. The number of hydrogen-bond acceptors (Lipinski definition) is 2. The zero-order valence-electron chi connectivity index (χ0n) is 20.1. The Kier molecular flexibility index (Phi) is 5.85. The first kappa shape index (κ1) is 23.4. The van der Waals surface area contributed by atoms with Crippen molar-refractivity contribution >= 4 is 33.1 Å². The van der Waals surface area contributed by atoms with E-state index in [0.29, 0.717) is 33.4 Å². The van der Waals surface area contributed by atoms with Crippen LogP contribution >= 0.6 is 0 Å². The van der Waals surface area contributed by atoms with Gasteiger partial charge < -0.3 is 0 Å². The molecule has 38 heavy (non-hydrogen) atoms. The summed E-state index contributed by atoms with van der Waals surface area (Å²) in [5.74, 6) is -1.42. The van der Waals surface area contributed by atoms with E-state index in [1.807, 2.05) is 60.7 Å². The van der Waals surface area contributed by atoms with E-state index in [1.165, 1.54) is 48.5 Å². The molecule has 0 unspecified atom stereocenters. The van der Waals surface area contributed by atoms with Gasteiger partial charge in [-0.1, -0.05) is 60.7 Å². The van der Waals surface area contributed by atoms with Gasteiger partial charge in [-0.3, -0.25) is 9.59 Å². The third kappa shape index (κ3) is 4.06. The minimum absolute atomic E-state index is 0.279. The van der Waals surface area contributed by atoms with Crippen molar-refractivity contribution in [1.29, 1.82) is 0 Å². The minimum Gasteiger partial charge on any atom is -0.289 e. The lowest BCUT2D eigenvalue weighted by molar-refractivity contribution is 0.103. The summed E-state index contributed by atoms with van der Waals surface area (Å²) in [6, 6.07) is 33.6. The molecule has 0 spiro atoms. The quantitative estimate of drug-likeness (QED) is 0.224. The van der Waals surface area contributed by atoms with Crippen molar-refractivity contribution < 1.29 is 18.4 Å². The van der Waals surface area contributed by atoms with Gasteiger partial charge in [0.25, 0.3) is 0 Å². The Morgan fingerprint density at radius 3 is 1.18 bits per heavy atom. The highest BCUT2D eigenvalue weighted by molar-refractivity contribution is 6.24. The monoisotopic (exact) mass is 498 g/mol. The van der Waals surface area contributed by atoms with Crippen molar-refractivity contribution in [2.24, 2.45) is 0 Å². The predicted octanol–water partition coefficient (Wildman–Crippen LogP) is 8.40. The van der Waals surface area contributed by atoms with E-state index < -0.39 is 11.6 Å². The number of benzene rings is 6. The van der Waals surface area contributed by atoms with Crippen LogP contribution in [0.3, 0.4) is 0 Å². The second-order valence-electron chi connectivity index (χ2n) is 9.09. The maximum Gasteiger partial charge on any atom is 0.193 e. The van der Waals surface area contributed by atoms with Crippen molar-refractivity contribution in [3.8, 4) is 11.1 Å². The van der Waals surface area contributed by atoms with Crippen molar-refractivity contribution in [3.05, 3.63) is 155 Å². The third-order valence-electron chi connectivity index (χ3n) is 6.81. The Labute approximate surface area is 217 Å². The Bertz CT molecular complexity index is 1710. The fraction of sp³-hybridized carbons (Fsp3) is 0. The number of fused-ring (bicyclic) bond motifs is 2. The fourth-order valence-corrected chi connectivity index (χ4v) is 4.97. The maximum atomic E-state index is 13.9. The molecule has 0 saturated heterocycles. The summed E-state index contributed by atoms with van der Waals surface area (Å²) in [4.78, 5) is 27.7. The van der Waals surface area contributed by atoms with Gasteiger partial charge in [-0.15, -0.1) is 0 Å². The standard InChI is InChI=1S/C34H20F2O2/c35-25-15-9-23(10-16-25)33(37)29-19-13-21-5-1-3-7-27(21)31(29)32-28-8-4-2-6-22(28)14-20-30(32)34(38)24-11-17-26(36)18-12-24/h1-20H. The molecule has 0 radical (unpaired) electrons. The molecule has 6 aromatic rings. The first-order valence-electron chi connectivity index (χ1n) is 12.2. The van der Waals surface area contributed by atoms with Crippen LogP contribution in [0.15, 0.2) is 121 Å². The highest BCUT2D eigenvalue weighted by Gasteiger charge is 2.24. The summed E-state index contributed by atoms with van der Waals surface area (Å²) in [7, 11) is 0. The lowest BCUT2D eigenvalue weighted by Crippen LogP contribution is -2.08. The summed E-state index contributed by atoms with van der Waals surface area (Å²) < 4.78 is 27.3. The smallest absolute Gasteiger partial charge is 0.193 e. The summed E-state index contributed by atoms with van der Waals surface area (Å²) in [6.07, 6.45) is 0. The molecule has 6 aromatic carbocycles. The lowest BCUT2D eigenvalue weighted by Gasteiger charge is -2.19. The molecule has 0 saturated carbocycles. The van der Waals surface area contributed by atoms with Crippen LogP contribution in [-0.2, 0) is 0 Å². The van der Waals surface area contributed by atoms with Gasteiger partial charge in [-0.2, -0.15) is 0 Å². The van der Waals surface area contributed by atoms with E-state index in [2.05, 4.69) is 0 Å². The average Bonchev–Trinajstić information content (AvgIpc) is 2.96. The molecule has 0 fully saturated rings. The molecule has 6 rings (SSSR count). The Morgan fingerprint density at radius 1 is 0.421 bits per heavy atom. The van der Waals surface area contributed by atoms with Crippen LogP contribution < -0.4 is 0 Å². The van der Waals surface area contributed by atoms with Gasteiger partial charge in [0.15, 0.2) is 11.6 Å². The zero-order valence-corrected chi connectivity index (χ0v) is 20.1. The maximum absolute atomic E-state index is 13.9. The normalized spacial score (nSPS) is 11.1. The van der Waals surface area contributed by atoms with Crippen LogP contribution in [0.25, 0.3) is 32.7 Å². The second kappa shape index (κ2) is 9.49. The molecule has 0 heterocycles. The van der Waals surface area contributed by atoms with E-state index >= 15 is 0 Å². The van der Waals surface area contributed by atoms with Gasteiger partial charge in [0.1, 0.15) is 11.6 Å². The number of carbonyl (C=O) groups excluding carboxylic acids is 2. The van der Waals surface area contributed by atoms with Crippen LogP contribution in [0.2, 0.25) is 0 Å². The van der Waals surface area contributed by atoms with Gasteiger partial charge >= 0.3 is 0 Å². The van der Waals surface area contributed by atoms with Crippen LogP contribution in [0.4, 0.5) is 8.78 Å². The van der Waals surface area contributed by atoms with Crippen LogP contribution in [0.1, 0.15) is 31.8 Å². The summed E-state index contributed by atoms with van der Waals surface area (Å²) >= 11 is 0. The van der Waals surface area contributed by atoms with Crippen molar-refractivity contribution in [1.82, 2.24) is 0 Å². The topological polar surface area (TPSA) is 34.1 Å². The Hall–Kier alpha value is -4.96. The number of ketones is 2. The summed E-state index contributed by atoms with van der Waals surface area (Å²) in [5, 5.41) is 3.44. The van der Waals surface area contributed by atoms with Crippen molar-refractivity contribution in [3.63, 3.8) is 0 Å². The van der Waals surface area contributed by atoms with Crippen LogP contribution in [0, 0.1) is 11.6 Å². The number of hydrogen-bond donors (Lipinski definition) is 0. The van der Waals surface area contributed by atoms with Gasteiger partial charge in [0.2, 0.25) is 0 Å². The van der Waals surface area contributed by atoms with Gasteiger partial charge in [0.05, 0.1) is 0 Å². The molecule has 182 valence electrons. The van der Waals surface area contributed by atoms with Gasteiger partial charge in [0, 0.05) is 33.4 Å². The van der Waals surface area contributed by atoms with E-state index in [4.69, 9.17) is 0 Å². The van der Waals surface area contributed by atoms with E-state index in [1.54, 1.807) is 12.1 Å². The Balaban J connectivity index is 1.70. The minimum atomic E-state index is -0.429. The largest absolute Gasteiger partial charge is 0.289 e. The second-order valence-corrected chi connectivity index (χ2v) is 9.09. The fourth-order valence-electron chi connectivity index (χ4n) is 4.97. The van der Waals surface area contributed by atoms with Crippen molar-refractivity contribution in [2.75, 3.05) is 0 Å². The first-order valence-corrected chi connectivity index (χ1v) is 12.2. The summed E-state index contributed by atoms with van der Waals surface area (Å²) in [6.45, 7) is 0. The molecule has 0 aromatic heterocycles. The van der Waals surface area contributed by atoms with Crippen LogP contribution in [0.5, 0.6) is 0 Å². The van der Waals surface area contributed by atoms with Gasteiger partial charge in [-0.25, -0.2) is 8.78 Å². The molecule has 0 aliphatic carbocycles. The number of rotatable bonds is 5. The number of halogens is 2. The predicted molar refractivity (Wildman–Crippen MR) is 147 cm³/mol. The first-order chi connectivity index (χ1) is 18.5. The van der Waals surface area contributed by atoms with Crippen molar-refractivity contribution in [2.45, 2.75) is 0 Å². The molecular formula is C34H20F2O2. The van der Waals surface area contributed by atoms with Crippen LogP contribution in [-0.4, -0.2) is 11.6 Å².